The van der Waals surface area contributed by atoms with E-state index in [0.717, 1.165) is 11.3 Å². The highest BCUT2D eigenvalue weighted by Crippen LogP contribution is 2.29. The maximum Gasteiger partial charge on any atom is 0.294 e. The second-order valence-electron chi connectivity index (χ2n) is 6.68. The second-order valence-corrected chi connectivity index (χ2v) is 7.68. The number of amides is 1. The van der Waals surface area contributed by atoms with Crippen molar-refractivity contribution < 1.29 is 14.5 Å². The summed E-state index contributed by atoms with van der Waals surface area (Å²) >= 11 is 1.06. The normalized spacial score (nSPS) is 13.0. The van der Waals surface area contributed by atoms with Gasteiger partial charge in [-0.3, -0.25) is 29.8 Å². The SMILES string of the molecule is Cc1cc(=O)c(C(=O)Nc2nc3c(s2)C(=O)CCC3)nn1-c1ccccc1[N+](=O)[O-]. The fourth-order valence-electron chi connectivity index (χ4n) is 3.22. The molecule has 30 heavy (non-hydrogen) atoms. The van der Waals surface area contributed by atoms with E-state index in [0.29, 0.717) is 35.5 Å². The third-order valence-corrected chi connectivity index (χ3v) is 5.67. The number of nitro benzene ring substituents is 1. The molecule has 0 spiro atoms. The Morgan fingerprint density at radius 1 is 1.27 bits per heavy atom. The van der Waals surface area contributed by atoms with E-state index in [-0.39, 0.29) is 22.3 Å². The van der Waals surface area contributed by atoms with Crippen LogP contribution in [0.4, 0.5) is 10.8 Å². The lowest BCUT2D eigenvalue weighted by molar-refractivity contribution is -0.384. The number of benzene rings is 1. The molecule has 3 aromatic rings. The molecule has 1 N–H and O–H groups in total. The molecule has 1 aliphatic rings. The van der Waals surface area contributed by atoms with Gasteiger partial charge in [0.05, 0.1) is 15.5 Å². The van der Waals surface area contributed by atoms with E-state index >= 15 is 0 Å². The van der Waals surface area contributed by atoms with E-state index in [2.05, 4.69) is 15.4 Å². The zero-order valence-corrected chi connectivity index (χ0v) is 16.6. The third kappa shape index (κ3) is 3.50. The number of aromatic nitrogens is 3. The van der Waals surface area contributed by atoms with Gasteiger partial charge in [0, 0.05) is 24.2 Å². The van der Waals surface area contributed by atoms with Crippen LogP contribution in [0.3, 0.4) is 0 Å². The number of fused-ring (bicyclic) bond motifs is 1. The molecule has 0 aliphatic heterocycles. The van der Waals surface area contributed by atoms with Crippen LogP contribution in [0.15, 0.2) is 35.1 Å². The highest BCUT2D eigenvalue weighted by Gasteiger charge is 2.25. The molecular weight excluding hydrogens is 410 g/mol. The van der Waals surface area contributed by atoms with Gasteiger partial charge in [-0.15, -0.1) is 0 Å². The van der Waals surface area contributed by atoms with Crippen molar-refractivity contribution in [2.45, 2.75) is 26.2 Å². The van der Waals surface area contributed by atoms with Crippen LogP contribution < -0.4 is 10.7 Å². The van der Waals surface area contributed by atoms with E-state index in [4.69, 9.17) is 0 Å². The highest BCUT2D eigenvalue weighted by molar-refractivity contribution is 7.17. The van der Waals surface area contributed by atoms with Gasteiger partial charge in [-0.1, -0.05) is 23.5 Å². The first-order valence-corrected chi connectivity index (χ1v) is 9.86. The van der Waals surface area contributed by atoms with Crippen molar-refractivity contribution in [2.75, 3.05) is 5.32 Å². The molecule has 10 nitrogen and oxygen atoms in total. The Hall–Kier alpha value is -3.73. The molecule has 2 aromatic heterocycles. The van der Waals surface area contributed by atoms with Gasteiger partial charge in [-0.05, 0) is 25.8 Å². The van der Waals surface area contributed by atoms with Crippen molar-refractivity contribution in [3.63, 3.8) is 0 Å². The van der Waals surface area contributed by atoms with Crippen molar-refractivity contribution in [1.82, 2.24) is 14.8 Å². The molecule has 0 atom stereocenters. The van der Waals surface area contributed by atoms with Crippen LogP contribution in [0, 0.1) is 17.0 Å². The second kappa shape index (κ2) is 7.59. The molecule has 152 valence electrons. The molecular formula is C19H15N5O5S. The Balaban J connectivity index is 1.71. The Bertz CT molecular complexity index is 1260. The first kappa shape index (κ1) is 19.6. The number of ketones is 1. The fraction of sp³-hybridized carbons (Fsp3) is 0.211. The summed E-state index contributed by atoms with van der Waals surface area (Å²) in [5, 5.41) is 18.1. The lowest BCUT2D eigenvalue weighted by Gasteiger charge is -2.11. The van der Waals surface area contributed by atoms with Gasteiger partial charge in [0.2, 0.25) is 5.43 Å². The Morgan fingerprint density at radius 3 is 2.77 bits per heavy atom. The number of carbonyl (C=O) groups excluding carboxylic acids is 2. The summed E-state index contributed by atoms with van der Waals surface area (Å²) in [4.78, 5) is 52.6. The number of hydrogen-bond donors (Lipinski definition) is 1. The third-order valence-electron chi connectivity index (χ3n) is 4.62. The van der Waals surface area contributed by atoms with Gasteiger partial charge in [-0.2, -0.15) is 5.10 Å². The summed E-state index contributed by atoms with van der Waals surface area (Å²) in [6.07, 6.45) is 1.81. The lowest BCUT2D eigenvalue weighted by Crippen LogP contribution is -2.27. The van der Waals surface area contributed by atoms with Gasteiger partial charge in [-0.25, -0.2) is 9.67 Å². The van der Waals surface area contributed by atoms with Gasteiger partial charge in [0.25, 0.3) is 11.6 Å². The zero-order chi connectivity index (χ0) is 21.4. The number of nitrogens with zero attached hydrogens (tertiary/aromatic N) is 4. The molecule has 2 heterocycles. The van der Waals surface area contributed by atoms with E-state index in [1.54, 1.807) is 13.0 Å². The lowest BCUT2D eigenvalue weighted by atomic mass is 10.0. The number of rotatable bonds is 4. The molecule has 0 saturated carbocycles. The smallest absolute Gasteiger partial charge is 0.294 e. The number of anilines is 1. The van der Waals surface area contributed by atoms with Crippen molar-refractivity contribution in [1.29, 1.82) is 0 Å². The van der Waals surface area contributed by atoms with Crippen LogP contribution >= 0.6 is 11.3 Å². The number of thiazole rings is 1. The van der Waals surface area contributed by atoms with Crippen molar-refractivity contribution in [3.8, 4) is 5.69 Å². The largest absolute Gasteiger partial charge is 0.296 e. The number of nitrogens with one attached hydrogen (secondary N) is 1. The molecule has 1 amide bonds. The average molecular weight is 425 g/mol. The minimum atomic E-state index is -0.800. The van der Waals surface area contributed by atoms with Crippen LogP contribution in [-0.2, 0) is 6.42 Å². The van der Waals surface area contributed by atoms with Gasteiger partial charge >= 0.3 is 0 Å². The molecule has 11 heteroatoms. The number of para-hydroxylation sites is 2. The highest BCUT2D eigenvalue weighted by atomic mass is 32.1. The fourth-order valence-corrected chi connectivity index (χ4v) is 4.20. The van der Waals surface area contributed by atoms with E-state index < -0.39 is 22.0 Å². The molecule has 0 bridgehead atoms. The average Bonchev–Trinajstić information content (AvgIpc) is 3.12. The zero-order valence-electron chi connectivity index (χ0n) is 15.7. The summed E-state index contributed by atoms with van der Waals surface area (Å²) in [5.74, 6) is -0.813. The molecule has 1 aliphatic carbocycles. The predicted molar refractivity (Wildman–Crippen MR) is 109 cm³/mol. The summed E-state index contributed by atoms with van der Waals surface area (Å²) in [6, 6.07) is 7.09. The van der Waals surface area contributed by atoms with Crippen LogP contribution in [0.5, 0.6) is 0 Å². The molecule has 0 saturated heterocycles. The predicted octanol–water partition coefficient (Wildman–Crippen LogP) is 2.68. The molecule has 4 rings (SSSR count). The van der Waals surface area contributed by atoms with E-state index in [1.807, 2.05) is 0 Å². The first-order chi connectivity index (χ1) is 14.3. The molecule has 0 fully saturated rings. The van der Waals surface area contributed by atoms with Gasteiger partial charge < -0.3 is 0 Å². The first-order valence-electron chi connectivity index (χ1n) is 9.04. The Morgan fingerprint density at radius 2 is 2.03 bits per heavy atom. The van der Waals surface area contributed by atoms with E-state index in [9.17, 15) is 24.5 Å². The summed E-state index contributed by atoms with van der Waals surface area (Å²) in [6.45, 7) is 1.56. The molecule has 0 radical (unpaired) electrons. The Labute approximate surface area is 173 Å². The summed E-state index contributed by atoms with van der Waals surface area (Å²) < 4.78 is 1.19. The quantitative estimate of drug-likeness (QED) is 0.501. The number of aryl methyl sites for hydroxylation is 2. The van der Waals surface area contributed by atoms with Crippen molar-refractivity contribution in [3.05, 3.63) is 72.6 Å². The minimum absolute atomic E-state index is 0.0125. The number of nitro groups is 1. The van der Waals surface area contributed by atoms with Gasteiger partial charge in [0.15, 0.2) is 16.6 Å². The number of hydrogen-bond acceptors (Lipinski definition) is 8. The van der Waals surface area contributed by atoms with Crippen molar-refractivity contribution in [2.24, 2.45) is 0 Å². The molecule has 0 unspecified atom stereocenters. The summed E-state index contributed by atoms with van der Waals surface area (Å²) in [5.41, 5.74) is -0.170. The monoisotopic (exact) mass is 425 g/mol. The maximum absolute atomic E-state index is 12.7. The van der Waals surface area contributed by atoms with Gasteiger partial charge in [0.1, 0.15) is 5.69 Å². The van der Waals surface area contributed by atoms with Crippen LogP contribution in [0.1, 0.15) is 44.4 Å². The Kier molecular flexibility index (Phi) is 4.96. The maximum atomic E-state index is 12.7. The molecule has 1 aromatic carbocycles. The van der Waals surface area contributed by atoms with Crippen molar-refractivity contribution >= 4 is 33.8 Å². The number of Topliss-reactive ketones (excluding diaryl/α,β-unsaturated/α-hetero) is 1. The summed E-state index contributed by atoms with van der Waals surface area (Å²) in [7, 11) is 0. The minimum Gasteiger partial charge on any atom is -0.296 e. The van der Waals surface area contributed by atoms with E-state index in [1.165, 1.54) is 28.9 Å². The van der Waals surface area contributed by atoms with Crippen LogP contribution in [0.25, 0.3) is 5.69 Å². The van der Waals surface area contributed by atoms with Crippen LogP contribution in [0.2, 0.25) is 0 Å². The number of carbonyl (C=O) groups is 2. The van der Waals surface area contributed by atoms with Crippen LogP contribution in [-0.4, -0.2) is 31.4 Å². The standard InChI is InChI=1S/C19H15N5O5S/c1-10-9-15(26)16(22-23(10)12-6-2-3-7-13(12)24(28)29)18(27)21-19-20-11-5-4-8-14(25)17(11)30-19/h2-3,6-7,9H,4-5,8H2,1H3,(H,20,21,27). The topological polar surface area (TPSA) is 137 Å².